The summed E-state index contributed by atoms with van der Waals surface area (Å²) in [6.07, 6.45) is -2.07. The quantitative estimate of drug-likeness (QED) is 0.0849. The maximum Gasteiger partial charge on any atom is 0.308 e. The van der Waals surface area contributed by atoms with Crippen LogP contribution in [0.5, 0.6) is 0 Å². The van der Waals surface area contributed by atoms with Crippen molar-refractivity contribution < 1.29 is 38.2 Å². The zero-order valence-electron chi connectivity index (χ0n) is 28.8. The number of aliphatic hydroxyl groups is 2. The number of hydrogen-bond acceptors (Lipinski definition) is 6. The topological polar surface area (TPSA) is 101 Å². The van der Waals surface area contributed by atoms with Gasteiger partial charge in [-0.1, -0.05) is 72.8 Å². The van der Waals surface area contributed by atoms with Crippen LogP contribution in [0.4, 0.5) is 14.5 Å². The molecule has 5 aromatic rings. The summed E-state index contributed by atoms with van der Waals surface area (Å²) < 4.78 is 35.2. The highest BCUT2D eigenvalue weighted by Gasteiger charge is 2.34. The van der Waals surface area contributed by atoms with Gasteiger partial charge in [0.2, 0.25) is 0 Å². The SMILES string of the molecule is COC(=O)CC(O)CC(O)CCc1c(-c2ccc(F)cc2)c(-c2ccc(F)cc2)c(C(=O)N(OCc2ccccc2)c2ccccc2)n1C(C)C. The van der Waals surface area contributed by atoms with Gasteiger partial charge in [-0.05, 0) is 86.2 Å². The molecule has 8 nitrogen and oxygen atoms in total. The highest BCUT2D eigenvalue weighted by atomic mass is 19.1. The summed E-state index contributed by atoms with van der Waals surface area (Å²) in [5.74, 6) is -1.98. The Hall–Kier alpha value is -5.16. The first-order valence-electron chi connectivity index (χ1n) is 16.9. The van der Waals surface area contributed by atoms with Crippen molar-refractivity contribution in [3.05, 3.63) is 138 Å². The summed E-state index contributed by atoms with van der Waals surface area (Å²) in [4.78, 5) is 33.1. The second kappa shape index (κ2) is 17.2. The lowest BCUT2D eigenvalue weighted by molar-refractivity contribution is -0.143. The van der Waals surface area contributed by atoms with Crippen LogP contribution in [0.2, 0.25) is 0 Å². The number of carbonyl (C=O) groups is 2. The predicted octanol–water partition coefficient (Wildman–Crippen LogP) is 8.07. The number of amides is 1. The Bertz CT molecular complexity index is 1900. The van der Waals surface area contributed by atoms with E-state index in [1.807, 2.05) is 54.8 Å². The second-order valence-corrected chi connectivity index (χ2v) is 12.6. The number of anilines is 1. The van der Waals surface area contributed by atoms with Crippen molar-refractivity contribution in [3.8, 4) is 22.3 Å². The zero-order chi connectivity index (χ0) is 36.5. The molecule has 2 unspecified atom stereocenters. The highest BCUT2D eigenvalue weighted by Crippen LogP contribution is 2.43. The number of ether oxygens (including phenoxy) is 1. The van der Waals surface area contributed by atoms with Crippen LogP contribution in [-0.4, -0.2) is 46.0 Å². The van der Waals surface area contributed by atoms with Crippen molar-refractivity contribution in [2.75, 3.05) is 12.2 Å². The molecule has 1 aromatic heterocycles. The molecule has 0 bridgehead atoms. The third kappa shape index (κ3) is 9.15. The van der Waals surface area contributed by atoms with Crippen LogP contribution in [0.3, 0.4) is 0 Å². The second-order valence-electron chi connectivity index (χ2n) is 12.6. The van der Waals surface area contributed by atoms with E-state index < -0.39 is 35.7 Å². The molecule has 0 spiro atoms. The minimum atomic E-state index is -1.12. The molecule has 1 amide bonds. The lowest BCUT2D eigenvalue weighted by atomic mass is 9.92. The third-order valence-electron chi connectivity index (χ3n) is 8.56. The average Bonchev–Trinajstić information content (AvgIpc) is 3.47. The van der Waals surface area contributed by atoms with E-state index in [4.69, 9.17) is 4.84 Å². The number of aromatic nitrogens is 1. The van der Waals surface area contributed by atoms with Gasteiger partial charge in [0.15, 0.2) is 0 Å². The minimum absolute atomic E-state index is 0.0743. The first-order valence-corrected chi connectivity index (χ1v) is 16.9. The van der Waals surface area contributed by atoms with Crippen LogP contribution in [0.15, 0.2) is 109 Å². The summed E-state index contributed by atoms with van der Waals surface area (Å²) in [5.41, 5.74) is 4.50. The Morgan fingerprint density at radius 2 is 1.31 bits per heavy atom. The normalized spacial score (nSPS) is 12.5. The van der Waals surface area contributed by atoms with Crippen LogP contribution in [0.25, 0.3) is 22.3 Å². The number of halogens is 2. The smallest absolute Gasteiger partial charge is 0.308 e. The summed E-state index contributed by atoms with van der Waals surface area (Å²) in [7, 11) is 1.23. The number of esters is 1. The zero-order valence-corrected chi connectivity index (χ0v) is 28.8. The lowest BCUT2D eigenvalue weighted by Crippen LogP contribution is -2.33. The lowest BCUT2D eigenvalue weighted by Gasteiger charge is -2.25. The van der Waals surface area contributed by atoms with Gasteiger partial charge in [0.05, 0.1) is 31.4 Å². The summed E-state index contributed by atoms with van der Waals surface area (Å²) >= 11 is 0. The van der Waals surface area contributed by atoms with Gasteiger partial charge < -0.3 is 19.5 Å². The van der Waals surface area contributed by atoms with E-state index in [1.54, 1.807) is 48.5 Å². The van der Waals surface area contributed by atoms with Crippen LogP contribution in [0.1, 0.15) is 60.9 Å². The average molecular weight is 697 g/mol. The number of para-hydroxylation sites is 1. The van der Waals surface area contributed by atoms with Gasteiger partial charge in [-0.3, -0.25) is 14.4 Å². The third-order valence-corrected chi connectivity index (χ3v) is 8.56. The van der Waals surface area contributed by atoms with Crippen LogP contribution < -0.4 is 5.06 Å². The van der Waals surface area contributed by atoms with E-state index in [2.05, 4.69) is 4.74 Å². The van der Waals surface area contributed by atoms with Crippen LogP contribution in [-0.2, 0) is 27.4 Å². The Kier molecular flexibility index (Phi) is 12.5. The number of methoxy groups -OCH3 is 1. The van der Waals surface area contributed by atoms with Gasteiger partial charge in [-0.25, -0.2) is 8.78 Å². The van der Waals surface area contributed by atoms with E-state index >= 15 is 4.79 Å². The van der Waals surface area contributed by atoms with Crippen molar-refractivity contribution in [1.82, 2.24) is 4.57 Å². The van der Waals surface area contributed by atoms with E-state index in [0.29, 0.717) is 33.6 Å². The monoisotopic (exact) mass is 696 g/mol. The molecule has 0 aliphatic rings. The number of carbonyl (C=O) groups excluding carboxylic acids is 2. The fourth-order valence-electron chi connectivity index (χ4n) is 6.21. The maximum atomic E-state index is 15.1. The van der Waals surface area contributed by atoms with Crippen molar-refractivity contribution in [1.29, 1.82) is 0 Å². The molecule has 4 aromatic carbocycles. The van der Waals surface area contributed by atoms with E-state index in [-0.39, 0.29) is 44.0 Å². The molecule has 0 saturated heterocycles. The number of nitrogens with zero attached hydrogens (tertiary/aromatic N) is 2. The molecule has 0 aliphatic carbocycles. The molecule has 10 heteroatoms. The van der Waals surface area contributed by atoms with Gasteiger partial charge >= 0.3 is 5.97 Å². The fraction of sp³-hybridized carbons (Fsp3) is 0.268. The van der Waals surface area contributed by atoms with Crippen molar-refractivity contribution in [2.45, 2.75) is 64.4 Å². The van der Waals surface area contributed by atoms with Crippen molar-refractivity contribution >= 4 is 17.6 Å². The largest absolute Gasteiger partial charge is 0.469 e. The first-order chi connectivity index (χ1) is 24.6. The van der Waals surface area contributed by atoms with Gasteiger partial charge in [0.25, 0.3) is 5.91 Å². The maximum absolute atomic E-state index is 15.1. The molecule has 1 heterocycles. The molecule has 0 saturated carbocycles. The Balaban J connectivity index is 1.70. The van der Waals surface area contributed by atoms with E-state index in [1.165, 1.54) is 36.4 Å². The minimum Gasteiger partial charge on any atom is -0.469 e. The molecular formula is C41H42F2N2O6. The van der Waals surface area contributed by atoms with Gasteiger partial charge in [0.1, 0.15) is 23.9 Å². The Morgan fingerprint density at radius 3 is 1.86 bits per heavy atom. The van der Waals surface area contributed by atoms with Crippen molar-refractivity contribution in [3.63, 3.8) is 0 Å². The van der Waals surface area contributed by atoms with Crippen LogP contribution in [0, 0.1) is 11.6 Å². The predicted molar refractivity (Wildman–Crippen MR) is 192 cm³/mol. The van der Waals surface area contributed by atoms with Crippen molar-refractivity contribution in [2.24, 2.45) is 0 Å². The summed E-state index contributed by atoms with van der Waals surface area (Å²) in [6.45, 7) is 3.95. The molecule has 5 rings (SSSR count). The summed E-state index contributed by atoms with van der Waals surface area (Å²) in [6, 6.07) is 29.8. The fourth-order valence-corrected chi connectivity index (χ4v) is 6.21. The Morgan fingerprint density at radius 1 is 0.765 bits per heavy atom. The Labute approximate surface area is 296 Å². The van der Waals surface area contributed by atoms with Gasteiger partial charge in [-0.2, -0.15) is 5.06 Å². The molecule has 0 fully saturated rings. The molecule has 2 N–H and O–H groups in total. The number of hydroxylamine groups is 1. The van der Waals surface area contributed by atoms with Gasteiger partial charge in [-0.15, -0.1) is 0 Å². The standard InChI is InChI=1S/C41H42F2N2O6/c1-27(2)44-36(23-22-34(46)24-35(47)25-37(48)50-3)38(29-14-18-31(42)19-15-29)39(30-16-20-32(43)21-17-30)40(44)41(49)45(33-12-8-5-9-13-33)51-26-28-10-6-4-7-11-28/h4-21,27,34-35,46-47H,22-26H2,1-3H3. The summed E-state index contributed by atoms with van der Waals surface area (Å²) in [5, 5.41) is 22.7. The number of aliphatic hydroxyl groups excluding tert-OH is 2. The number of benzene rings is 4. The number of rotatable bonds is 15. The number of hydrogen-bond donors (Lipinski definition) is 2. The molecule has 2 atom stereocenters. The molecule has 0 aliphatic heterocycles. The highest BCUT2D eigenvalue weighted by molar-refractivity contribution is 6.11. The van der Waals surface area contributed by atoms with E-state index in [9.17, 15) is 23.8 Å². The van der Waals surface area contributed by atoms with Gasteiger partial charge in [0, 0.05) is 22.9 Å². The molecular weight excluding hydrogens is 654 g/mol. The molecule has 0 radical (unpaired) electrons. The molecule has 51 heavy (non-hydrogen) atoms. The molecule has 266 valence electrons. The van der Waals surface area contributed by atoms with E-state index in [0.717, 1.165) is 5.56 Å². The first kappa shape index (κ1) is 37.1. The van der Waals surface area contributed by atoms with Crippen LogP contribution >= 0.6 is 0 Å².